The smallest absolute Gasteiger partial charge is 0.303 e. The van der Waals surface area contributed by atoms with Gasteiger partial charge in [-0.05, 0) is 48.3 Å². The molecule has 2 bridgehead atoms. The molecule has 0 radical (unpaired) electrons. The van der Waals surface area contributed by atoms with E-state index in [1.54, 1.807) is 0 Å². The molecule has 3 aliphatic carbocycles. The largest absolute Gasteiger partial charge is 0.462 e. The van der Waals surface area contributed by atoms with Crippen LogP contribution in [-0.4, -0.2) is 59.5 Å². The van der Waals surface area contributed by atoms with Crippen LogP contribution in [0.25, 0.3) is 0 Å². The molecular weight excluding hydrogens is 480 g/mol. The molecule has 0 aromatic carbocycles. The lowest BCUT2D eigenvalue weighted by Gasteiger charge is -2.60. The Labute approximate surface area is 218 Å². The Bertz CT molecular complexity index is 1020. The topological polar surface area (TPSA) is 125 Å². The van der Waals surface area contributed by atoms with E-state index >= 15 is 0 Å². The quantitative estimate of drug-likeness (QED) is 0.337. The highest BCUT2D eigenvalue weighted by molar-refractivity contribution is 5.69. The van der Waals surface area contributed by atoms with Crippen LogP contribution in [0.2, 0.25) is 0 Å². The van der Waals surface area contributed by atoms with E-state index in [-0.39, 0.29) is 0 Å². The van der Waals surface area contributed by atoms with Crippen LogP contribution in [0.5, 0.6) is 0 Å². The van der Waals surface area contributed by atoms with E-state index in [2.05, 4.69) is 6.58 Å². The number of ether oxygens (including phenoxy) is 4. The average molecular weight is 521 g/mol. The average Bonchev–Trinajstić information content (AvgIpc) is 2.74. The van der Waals surface area contributed by atoms with Crippen LogP contribution in [0.4, 0.5) is 0 Å². The Morgan fingerprint density at radius 3 is 1.95 bits per heavy atom. The van der Waals surface area contributed by atoms with E-state index in [0.717, 1.165) is 0 Å². The van der Waals surface area contributed by atoms with Crippen molar-refractivity contribution in [3.05, 3.63) is 23.3 Å². The first kappa shape index (κ1) is 28.9. The predicted octanol–water partition coefficient (Wildman–Crippen LogP) is 3.42. The van der Waals surface area contributed by atoms with Gasteiger partial charge in [-0.1, -0.05) is 27.4 Å². The van der Waals surface area contributed by atoms with Gasteiger partial charge in [0.05, 0.1) is 6.10 Å². The van der Waals surface area contributed by atoms with Gasteiger partial charge in [-0.3, -0.25) is 19.2 Å². The molecule has 0 aliphatic heterocycles. The zero-order valence-corrected chi connectivity index (χ0v) is 23.1. The van der Waals surface area contributed by atoms with E-state index < -0.39 is 77.1 Å². The third-order valence-electron chi connectivity index (χ3n) is 8.62. The number of hydrogen-bond donors (Lipinski definition) is 1. The molecule has 8 atom stereocenters. The van der Waals surface area contributed by atoms with E-state index in [1.165, 1.54) is 27.7 Å². The van der Waals surface area contributed by atoms with Gasteiger partial charge in [-0.15, -0.1) is 0 Å². The van der Waals surface area contributed by atoms with E-state index in [1.807, 2.05) is 27.7 Å². The van der Waals surface area contributed by atoms with E-state index in [4.69, 9.17) is 18.9 Å². The van der Waals surface area contributed by atoms with Gasteiger partial charge in [0.25, 0.3) is 0 Å². The highest BCUT2D eigenvalue weighted by atomic mass is 16.6. The number of rotatable bonds is 4. The van der Waals surface area contributed by atoms with Gasteiger partial charge in [-0.25, -0.2) is 0 Å². The Hall–Kier alpha value is -2.68. The Morgan fingerprint density at radius 1 is 0.892 bits per heavy atom. The van der Waals surface area contributed by atoms with Gasteiger partial charge in [0.15, 0.2) is 6.10 Å². The van der Waals surface area contributed by atoms with Crippen molar-refractivity contribution in [2.45, 2.75) is 105 Å². The minimum absolute atomic E-state index is 0.348. The number of carbonyl (C=O) groups is 4. The molecule has 0 amide bonds. The lowest BCUT2D eigenvalue weighted by atomic mass is 9.49. The normalized spacial score (nSPS) is 36.9. The summed E-state index contributed by atoms with van der Waals surface area (Å²) in [7, 11) is 0. The van der Waals surface area contributed by atoms with Crippen molar-refractivity contribution in [2.75, 3.05) is 0 Å². The fourth-order valence-electron chi connectivity index (χ4n) is 7.13. The number of fused-ring (bicyclic) bond motifs is 3. The van der Waals surface area contributed by atoms with Crippen LogP contribution in [0.1, 0.15) is 74.7 Å². The Morgan fingerprint density at radius 2 is 1.43 bits per heavy atom. The fourth-order valence-corrected chi connectivity index (χ4v) is 7.13. The van der Waals surface area contributed by atoms with Gasteiger partial charge < -0.3 is 24.1 Å². The van der Waals surface area contributed by atoms with Gasteiger partial charge in [-0.2, -0.15) is 0 Å². The summed E-state index contributed by atoms with van der Waals surface area (Å²) in [5.41, 5.74) is 0.191. The third kappa shape index (κ3) is 5.19. The molecular formula is C28H40O9. The molecule has 9 heteroatoms. The standard InChI is InChI=1S/C28H40O9/c1-13-20(33)10-11-28(9)23(13)24(35-16(4)30)19-12-21(34-15(3)29)14(2)22(27(19,7)8)25(36-17(5)31)26(28)37-18(6)32/h19-21,23-26,33H,1,10-12H2,2-9H3/t19-,20-,21-,23-,24+,25+,26-,28+/m0/s1. The van der Waals surface area contributed by atoms with Crippen molar-refractivity contribution in [1.29, 1.82) is 0 Å². The molecule has 9 nitrogen and oxygen atoms in total. The van der Waals surface area contributed by atoms with Crippen LogP contribution >= 0.6 is 0 Å². The molecule has 0 aromatic heterocycles. The molecule has 0 unspecified atom stereocenters. The fraction of sp³-hybridized carbons (Fsp3) is 0.714. The highest BCUT2D eigenvalue weighted by Crippen LogP contribution is 2.61. The Balaban J connectivity index is 2.43. The minimum atomic E-state index is -0.994. The summed E-state index contributed by atoms with van der Waals surface area (Å²) in [5.74, 6) is -3.15. The van der Waals surface area contributed by atoms with Gasteiger partial charge >= 0.3 is 23.9 Å². The van der Waals surface area contributed by atoms with Crippen LogP contribution in [0, 0.1) is 22.7 Å². The minimum Gasteiger partial charge on any atom is -0.462 e. The van der Waals surface area contributed by atoms with Gasteiger partial charge in [0.2, 0.25) is 0 Å². The predicted molar refractivity (Wildman–Crippen MR) is 133 cm³/mol. The summed E-state index contributed by atoms with van der Waals surface area (Å²) >= 11 is 0. The van der Waals surface area contributed by atoms with Crippen LogP contribution in [-0.2, 0) is 38.1 Å². The Kier molecular flexibility index (Phi) is 7.99. The van der Waals surface area contributed by atoms with Gasteiger partial charge in [0.1, 0.15) is 18.3 Å². The summed E-state index contributed by atoms with van der Waals surface area (Å²) in [6.45, 7) is 17.1. The lowest BCUT2D eigenvalue weighted by molar-refractivity contribution is -0.203. The van der Waals surface area contributed by atoms with E-state index in [0.29, 0.717) is 36.0 Å². The van der Waals surface area contributed by atoms with Crippen molar-refractivity contribution in [1.82, 2.24) is 0 Å². The maximum absolute atomic E-state index is 12.5. The van der Waals surface area contributed by atoms with Crippen molar-refractivity contribution in [3.63, 3.8) is 0 Å². The number of esters is 4. The molecule has 0 saturated heterocycles. The van der Waals surface area contributed by atoms with Crippen molar-refractivity contribution >= 4 is 23.9 Å². The first-order chi connectivity index (χ1) is 17.0. The van der Waals surface area contributed by atoms with Gasteiger partial charge in [0, 0.05) is 44.9 Å². The molecule has 2 fully saturated rings. The highest BCUT2D eigenvalue weighted by Gasteiger charge is 2.64. The molecule has 0 heterocycles. The van der Waals surface area contributed by atoms with Crippen LogP contribution < -0.4 is 0 Å². The zero-order chi connectivity index (χ0) is 28.0. The molecule has 206 valence electrons. The molecule has 2 saturated carbocycles. The lowest BCUT2D eigenvalue weighted by Crippen LogP contribution is -2.64. The molecule has 1 N–H and O–H groups in total. The van der Waals surface area contributed by atoms with Crippen molar-refractivity contribution in [2.24, 2.45) is 22.7 Å². The van der Waals surface area contributed by atoms with E-state index in [9.17, 15) is 24.3 Å². The third-order valence-corrected chi connectivity index (χ3v) is 8.62. The van der Waals surface area contributed by atoms with Crippen molar-refractivity contribution < 1.29 is 43.2 Å². The first-order valence-electron chi connectivity index (χ1n) is 12.8. The molecule has 3 aliphatic rings. The molecule has 3 rings (SSSR count). The van der Waals surface area contributed by atoms with Crippen LogP contribution in [0.15, 0.2) is 23.3 Å². The monoisotopic (exact) mass is 520 g/mol. The first-order valence-corrected chi connectivity index (χ1v) is 12.8. The second kappa shape index (κ2) is 10.2. The molecule has 0 aromatic rings. The second-order valence-electron chi connectivity index (χ2n) is 11.5. The second-order valence-corrected chi connectivity index (χ2v) is 11.5. The molecule has 0 spiro atoms. The maximum Gasteiger partial charge on any atom is 0.303 e. The molecule has 37 heavy (non-hydrogen) atoms. The summed E-state index contributed by atoms with van der Waals surface area (Å²) in [6, 6.07) is 0. The number of aliphatic hydroxyl groups excluding tert-OH is 1. The zero-order valence-electron chi connectivity index (χ0n) is 23.1. The van der Waals surface area contributed by atoms with Crippen molar-refractivity contribution in [3.8, 4) is 0 Å². The maximum atomic E-state index is 12.5. The van der Waals surface area contributed by atoms with Crippen LogP contribution in [0.3, 0.4) is 0 Å². The summed E-state index contributed by atoms with van der Waals surface area (Å²) < 4.78 is 23.7. The summed E-state index contributed by atoms with van der Waals surface area (Å²) in [6.07, 6.45) is -3.19. The SMILES string of the molecule is C=C1[C@@H](O)CC[C@@]2(C)[C@@H](OC(C)=O)[C@H](OC(C)=O)C3=C(C)[C@@H](OC(C)=O)C[C@@H]([C@@H](OC(C)=O)[C@H]12)C3(C)C. The summed E-state index contributed by atoms with van der Waals surface area (Å²) in [4.78, 5) is 49.5. The summed E-state index contributed by atoms with van der Waals surface area (Å²) in [5, 5.41) is 10.9. The number of aliphatic hydroxyl groups is 1. The number of carbonyl (C=O) groups excluding carboxylic acids is 4. The number of hydrogen-bond acceptors (Lipinski definition) is 9.